The SMILES string of the molecule is Cc1ccc(C)c(OCNC(=O)Nc2ccccc2Cl)c1C. The van der Waals surface area contributed by atoms with Gasteiger partial charge in [-0.2, -0.15) is 0 Å². The third-order valence-electron chi connectivity index (χ3n) is 3.44. The van der Waals surface area contributed by atoms with Gasteiger partial charge in [0.25, 0.3) is 0 Å². The lowest BCUT2D eigenvalue weighted by Crippen LogP contribution is -2.32. The van der Waals surface area contributed by atoms with Crippen molar-refractivity contribution in [3.8, 4) is 5.75 Å². The molecule has 0 atom stereocenters. The maximum absolute atomic E-state index is 11.8. The second kappa shape index (κ2) is 7.18. The fourth-order valence-corrected chi connectivity index (χ4v) is 2.23. The zero-order valence-corrected chi connectivity index (χ0v) is 13.6. The van der Waals surface area contributed by atoms with Crippen LogP contribution in [0.2, 0.25) is 5.02 Å². The van der Waals surface area contributed by atoms with Gasteiger partial charge in [0.1, 0.15) is 5.75 Å². The van der Waals surface area contributed by atoms with Crippen LogP contribution in [0.1, 0.15) is 16.7 Å². The van der Waals surface area contributed by atoms with E-state index in [4.69, 9.17) is 16.3 Å². The Balaban J connectivity index is 1.90. The number of benzene rings is 2. The van der Waals surface area contributed by atoms with Gasteiger partial charge in [-0.05, 0) is 49.6 Å². The van der Waals surface area contributed by atoms with E-state index in [2.05, 4.69) is 16.7 Å². The minimum atomic E-state index is -0.365. The summed E-state index contributed by atoms with van der Waals surface area (Å²) < 4.78 is 5.68. The smallest absolute Gasteiger partial charge is 0.321 e. The van der Waals surface area contributed by atoms with E-state index in [1.54, 1.807) is 24.3 Å². The Kier molecular flexibility index (Phi) is 5.28. The molecule has 0 bridgehead atoms. The summed E-state index contributed by atoms with van der Waals surface area (Å²) in [5.41, 5.74) is 3.83. The first kappa shape index (κ1) is 16.2. The molecule has 2 N–H and O–H groups in total. The van der Waals surface area contributed by atoms with Crippen molar-refractivity contribution in [1.29, 1.82) is 0 Å². The molecule has 0 fully saturated rings. The summed E-state index contributed by atoms with van der Waals surface area (Å²) in [4.78, 5) is 11.8. The van der Waals surface area contributed by atoms with E-state index in [0.717, 1.165) is 22.4 Å². The van der Waals surface area contributed by atoms with Crippen molar-refractivity contribution in [3.05, 3.63) is 58.1 Å². The molecule has 0 spiro atoms. The molecule has 0 heterocycles. The van der Waals surface area contributed by atoms with Gasteiger partial charge < -0.3 is 15.4 Å². The molecule has 4 nitrogen and oxygen atoms in total. The van der Waals surface area contributed by atoms with E-state index in [1.807, 2.05) is 26.8 Å². The molecule has 0 unspecified atom stereocenters. The number of urea groups is 1. The van der Waals surface area contributed by atoms with Crippen LogP contribution in [0.5, 0.6) is 5.75 Å². The summed E-state index contributed by atoms with van der Waals surface area (Å²) in [6.07, 6.45) is 0. The molecule has 2 aromatic rings. The number of aryl methyl sites for hydroxylation is 2. The maximum Gasteiger partial charge on any atom is 0.321 e. The zero-order valence-electron chi connectivity index (χ0n) is 12.9. The maximum atomic E-state index is 11.8. The van der Waals surface area contributed by atoms with E-state index in [9.17, 15) is 4.79 Å². The molecule has 0 saturated heterocycles. The quantitative estimate of drug-likeness (QED) is 0.820. The van der Waals surface area contributed by atoms with Gasteiger partial charge in [0.15, 0.2) is 6.73 Å². The average molecular weight is 319 g/mol. The van der Waals surface area contributed by atoms with Crippen molar-refractivity contribution in [2.24, 2.45) is 0 Å². The number of rotatable bonds is 4. The second-order valence-electron chi connectivity index (χ2n) is 5.05. The van der Waals surface area contributed by atoms with Crippen molar-refractivity contribution >= 4 is 23.3 Å². The largest absolute Gasteiger partial charge is 0.473 e. The van der Waals surface area contributed by atoms with E-state index in [0.29, 0.717) is 10.7 Å². The van der Waals surface area contributed by atoms with Crippen LogP contribution in [0.25, 0.3) is 0 Å². The monoisotopic (exact) mass is 318 g/mol. The van der Waals surface area contributed by atoms with Crippen molar-refractivity contribution in [2.45, 2.75) is 20.8 Å². The molecule has 2 aromatic carbocycles. The van der Waals surface area contributed by atoms with Gasteiger partial charge in [0.05, 0.1) is 10.7 Å². The Morgan fingerprint density at radius 3 is 2.50 bits per heavy atom. The van der Waals surface area contributed by atoms with Crippen LogP contribution in [-0.4, -0.2) is 12.8 Å². The summed E-state index contributed by atoms with van der Waals surface area (Å²) in [6, 6.07) is 10.7. The minimum Gasteiger partial charge on any atom is -0.473 e. The van der Waals surface area contributed by atoms with Crippen LogP contribution in [-0.2, 0) is 0 Å². The fourth-order valence-electron chi connectivity index (χ4n) is 2.05. The fraction of sp³-hybridized carbons (Fsp3) is 0.235. The molecule has 0 aliphatic heterocycles. The number of nitrogens with one attached hydrogen (secondary N) is 2. The molecule has 116 valence electrons. The van der Waals surface area contributed by atoms with Gasteiger partial charge in [-0.3, -0.25) is 0 Å². The number of ether oxygens (including phenoxy) is 1. The summed E-state index contributed by atoms with van der Waals surface area (Å²) >= 11 is 5.98. The van der Waals surface area contributed by atoms with Gasteiger partial charge in [-0.15, -0.1) is 0 Å². The highest BCUT2D eigenvalue weighted by atomic mass is 35.5. The number of hydrogen-bond donors (Lipinski definition) is 2. The van der Waals surface area contributed by atoms with Crippen LogP contribution in [0, 0.1) is 20.8 Å². The number of hydrogen-bond acceptors (Lipinski definition) is 2. The first-order chi connectivity index (χ1) is 10.5. The molecule has 0 aliphatic carbocycles. The summed E-state index contributed by atoms with van der Waals surface area (Å²) in [6.45, 7) is 6.09. The molecule has 0 aliphatic rings. The van der Waals surface area contributed by atoms with E-state index in [1.165, 1.54) is 0 Å². The Bertz CT molecular complexity index is 686. The predicted molar refractivity (Wildman–Crippen MR) is 89.8 cm³/mol. The summed E-state index contributed by atoms with van der Waals surface area (Å²) in [7, 11) is 0. The standard InChI is InChI=1S/C17H19ClN2O2/c1-11-8-9-12(2)16(13(11)3)22-10-19-17(21)20-15-7-5-4-6-14(15)18/h4-9H,10H2,1-3H3,(H2,19,20,21). The molecule has 5 heteroatoms. The highest BCUT2D eigenvalue weighted by Gasteiger charge is 2.08. The van der Waals surface area contributed by atoms with E-state index < -0.39 is 0 Å². The summed E-state index contributed by atoms with van der Waals surface area (Å²) in [5, 5.41) is 5.81. The van der Waals surface area contributed by atoms with Gasteiger partial charge >= 0.3 is 6.03 Å². The van der Waals surface area contributed by atoms with Crippen molar-refractivity contribution in [3.63, 3.8) is 0 Å². The average Bonchev–Trinajstić information content (AvgIpc) is 2.49. The second-order valence-corrected chi connectivity index (χ2v) is 5.46. The zero-order chi connectivity index (χ0) is 16.1. The number of para-hydroxylation sites is 1. The van der Waals surface area contributed by atoms with Crippen LogP contribution in [0.15, 0.2) is 36.4 Å². The van der Waals surface area contributed by atoms with E-state index in [-0.39, 0.29) is 12.8 Å². The van der Waals surface area contributed by atoms with Crippen molar-refractivity contribution < 1.29 is 9.53 Å². The topological polar surface area (TPSA) is 50.4 Å². The van der Waals surface area contributed by atoms with Gasteiger partial charge in [-0.1, -0.05) is 35.9 Å². The highest BCUT2D eigenvalue weighted by Crippen LogP contribution is 2.25. The lowest BCUT2D eigenvalue weighted by molar-refractivity contribution is 0.234. The third kappa shape index (κ3) is 3.92. The molecular weight excluding hydrogens is 300 g/mol. The first-order valence-electron chi connectivity index (χ1n) is 6.98. The minimum absolute atomic E-state index is 0.0847. The Morgan fingerprint density at radius 2 is 1.77 bits per heavy atom. The molecule has 2 rings (SSSR count). The Morgan fingerprint density at radius 1 is 1.09 bits per heavy atom. The lowest BCUT2D eigenvalue weighted by atomic mass is 10.1. The van der Waals surface area contributed by atoms with Gasteiger partial charge in [0.2, 0.25) is 0 Å². The molecule has 22 heavy (non-hydrogen) atoms. The number of halogens is 1. The van der Waals surface area contributed by atoms with Crippen LogP contribution in [0.4, 0.5) is 10.5 Å². The van der Waals surface area contributed by atoms with Crippen LogP contribution >= 0.6 is 11.6 Å². The normalized spacial score (nSPS) is 10.2. The Labute approximate surface area is 135 Å². The van der Waals surface area contributed by atoms with Crippen molar-refractivity contribution in [2.75, 3.05) is 12.0 Å². The summed E-state index contributed by atoms with van der Waals surface area (Å²) in [5.74, 6) is 0.804. The molecule has 2 amide bonds. The molecule has 0 aromatic heterocycles. The number of carbonyl (C=O) groups excluding carboxylic acids is 1. The van der Waals surface area contributed by atoms with Crippen LogP contribution < -0.4 is 15.4 Å². The predicted octanol–water partition coefficient (Wildman–Crippen LogP) is 4.42. The number of carbonyl (C=O) groups is 1. The Hall–Kier alpha value is -2.20. The number of anilines is 1. The molecular formula is C17H19ClN2O2. The molecule has 0 radical (unpaired) electrons. The van der Waals surface area contributed by atoms with E-state index >= 15 is 0 Å². The third-order valence-corrected chi connectivity index (χ3v) is 3.77. The number of amides is 2. The highest BCUT2D eigenvalue weighted by molar-refractivity contribution is 6.33. The van der Waals surface area contributed by atoms with Gasteiger partial charge in [-0.25, -0.2) is 4.79 Å². The van der Waals surface area contributed by atoms with Gasteiger partial charge in [0, 0.05) is 0 Å². The lowest BCUT2D eigenvalue weighted by Gasteiger charge is -2.15. The first-order valence-corrected chi connectivity index (χ1v) is 7.36. The van der Waals surface area contributed by atoms with Crippen LogP contribution in [0.3, 0.4) is 0 Å². The molecule has 0 saturated carbocycles. The van der Waals surface area contributed by atoms with Crippen molar-refractivity contribution in [1.82, 2.24) is 5.32 Å².